The van der Waals surface area contributed by atoms with Crippen molar-refractivity contribution in [2.75, 3.05) is 19.5 Å². The molecular weight excluding hydrogens is 266 g/mol. The van der Waals surface area contributed by atoms with Crippen LogP contribution in [0, 0.1) is 0 Å². The van der Waals surface area contributed by atoms with E-state index in [0.717, 1.165) is 28.3 Å². The Bertz CT molecular complexity index is 717. The Morgan fingerprint density at radius 3 is 2.29 bits per heavy atom. The maximum absolute atomic E-state index is 12.1. The molecule has 0 unspecified atom stereocenters. The van der Waals surface area contributed by atoms with E-state index in [-0.39, 0.29) is 5.91 Å². The summed E-state index contributed by atoms with van der Waals surface area (Å²) in [7, 11) is 3.23. The highest BCUT2D eigenvalue weighted by atomic mass is 16.5. The van der Waals surface area contributed by atoms with E-state index in [4.69, 9.17) is 9.47 Å². The standard InChI is InChI=1S/C17H15NO3/c1-20-12-5-3-11(4-6-12)9-15-14-8-7-13(21-2)10-16(14)18-17(15)19/h3-10H,1-2H3,(H,18,19)/b15-9+. The second-order valence-electron chi connectivity index (χ2n) is 4.70. The van der Waals surface area contributed by atoms with Crippen LogP contribution in [0.3, 0.4) is 0 Å². The normalized spacial score (nSPS) is 14.8. The van der Waals surface area contributed by atoms with Crippen LogP contribution in [0.1, 0.15) is 11.1 Å². The number of hydrogen-bond acceptors (Lipinski definition) is 3. The Kier molecular flexibility index (Phi) is 3.36. The van der Waals surface area contributed by atoms with Crippen LogP contribution in [0.5, 0.6) is 11.5 Å². The number of amides is 1. The Morgan fingerprint density at radius 1 is 0.952 bits per heavy atom. The molecule has 0 spiro atoms. The van der Waals surface area contributed by atoms with Crippen LogP contribution in [-0.4, -0.2) is 20.1 Å². The Labute approximate surface area is 123 Å². The van der Waals surface area contributed by atoms with Crippen LogP contribution in [0.25, 0.3) is 11.6 Å². The molecule has 1 amide bonds. The van der Waals surface area contributed by atoms with Crippen molar-refractivity contribution in [1.82, 2.24) is 0 Å². The van der Waals surface area contributed by atoms with Gasteiger partial charge in [-0.25, -0.2) is 0 Å². The van der Waals surface area contributed by atoms with Crippen LogP contribution in [0.15, 0.2) is 42.5 Å². The molecule has 0 aromatic heterocycles. The zero-order chi connectivity index (χ0) is 14.8. The summed E-state index contributed by atoms with van der Waals surface area (Å²) in [5.74, 6) is 1.41. The molecule has 1 aliphatic heterocycles. The maximum Gasteiger partial charge on any atom is 0.256 e. The first kappa shape index (κ1) is 13.2. The van der Waals surface area contributed by atoms with Crippen molar-refractivity contribution in [3.63, 3.8) is 0 Å². The molecule has 0 fully saturated rings. The highest BCUT2D eigenvalue weighted by molar-refractivity contribution is 6.35. The first-order chi connectivity index (χ1) is 10.2. The van der Waals surface area contributed by atoms with Gasteiger partial charge in [-0.2, -0.15) is 0 Å². The molecule has 4 nitrogen and oxygen atoms in total. The van der Waals surface area contributed by atoms with Gasteiger partial charge in [0.1, 0.15) is 11.5 Å². The lowest BCUT2D eigenvalue weighted by molar-refractivity contribution is -0.110. The molecule has 0 radical (unpaired) electrons. The summed E-state index contributed by atoms with van der Waals surface area (Å²) in [6.07, 6.45) is 1.87. The second-order valence-corrected chi connectivity index (χ2v) is 4.70. The molecule has 4 heteroatoms. The van der Waals surface area contributed by atoms with Crippen molar-refractivity contribution in [3.8, 4) is 11.5 Å². The Balaban J connectivity index is 1.99. The predicted octanol–water partition coefficient (Wildman–Crippen LogP) is 3.20. The number of anilines is 1. The van der Waals surface area contributed by atoms with E-state index in [2.05, 4.69) is 5.32 Å². The number of benzene rings is 2. The molecule has 1 heterocycles. The molecule has 0 saturated carbocycles. The van der Waals surface area contributed by atoms with E-state index < -0.39 is 0 Å². The van der Waals surface area contributed by atoms with Gasteiger partial charge >= 0.3 is 0 Å². The quantitative estimate of drug-likeness (QED) is 0.879. The summed E-state index contributed by atoms with van der Waals surface area (Å²) in [6.45, 7) is 0. The third-order valence-corrected chi connectivity index (χ3v) is 3.44. The van der Waals surface area contributed by atoms with Gasteiger partial charge in [-0.1, -0.05) is 12.1 Å². The lowest BCUT2D eigenvalue weighted by Gasteiger charge is -2.03. The van der Waals surface area contributed by atoms with Crippen molar-refractivity contribution in [2.24, 2.45) is 0 Å². The second kappa shape index (κ2) is 5.32. The van der Waals surface area contributed by atoms with E-state index in [9.17, 15) is 4.79 Å². The fraction of sp³-hybridized carbons (Fsp3) is 0.118. The number of ether oxygens (including phenoxy) is 2. The molecule has 3 rings (SSSR count). The van der Waals surface area contributed by atoms with Gasteiger partial charge in [-0.05, 0) is 35.9 Å². The summed E-state index contributed by atoms with van der Waals surface area (Å²) in [5, 5.41) is 2.85. The first-order valence-electron chi connectivity index (χ1n) is 6.57. The van der Waals surface area contributed by atoms with Crippen molar-refractivity contribution in [3.05, 3.63) is 53.6 Å². The monoisotopic (exact) mass is 281 g/mol. The minimum absolute atomic E-state index is 0.103. The summed E-state index contributed by atoms with van der Waals surface area (Å²) in [4.78, 5) is 12.1. The molecule has 2 aromatic rings. The fourth-order valence-corrected chi connectivity index (χ4v) is 2.31. The molecule has 0 aliphatic carbocycles. The molecule has 2 aromatic carbocycles. The average Bonchev–Trinajstić information content (AvgIpc) is 2.83. The molecule has 0 bridgehead atoms. The van der Waals surface area contributed by atoms with E-state index in [0.29, 0.717) is 5.57 Å². The van der Waals surface area contributed by atoms with E-state index >= 15 is 0 Å². The minimum Gasteiger partial charge on any atom is -0.497 e. The SMILES string of the molecule is COc1ccc(/C=C2/C(=O)Nc3cc(OC)ccc32)cc1. The van der Waals surface area contributed by atoms with Gasteiger partial charge in [0.15, 0.2) is 0 Å². The van der Waals surface area contributed by atoms with Gasteiger partial charge in [0.2, 0.25) is 0 Å². The summed E-state index contributed by atoms with van der Waals surface area (Å²) >= 11 is 0. The van der Waals surface area contributed by atoms with E-state index in [1.807, 2.05) is 48.5 Å². The number of methoxy groups -OCH3 is 2. The molecule has 0 atom stereocenters. The van der Waals surface area contributed by atoms with Gasteiger partial charge in [0, 0.05) is 17.2 Å². The van der Waals surface area contributed by atoms with Crippen molar-refractivity contribution < 1.29 is 14.3 Å². The van der Waals surface area contributed by atoms with Crippen LogP contribution in [0.2, 0.25) is 0 Å². The zero-order valence-corrected chi connectivity index (χ0v) is 11.8. The Hall–Kier alpha value is -2.75. The van der Waals surface area contributed by atoms with Crippen molar-refractivity contribution in [1.29, 1.82) is 0 Å². The van der Waals surface area contributed by atoms with Crippen molar-refractivity contribution in [2.45, 2.75) is 0 Å². The van der Waals surface area contributed by atoms with E-state index in [1.54, 1.807) is 14.2 Å². The third kappa shape index (κ3) is 2.48. The fourth-order valence-electron chi connectivity index (χ4n) is 2.31. The summed E-state index contributed by atoms with van der Waals surface area (Å²) in [5.41, 5.74) is 3.26. The predicted molar refractivity (Wildman–Crippen MR) is 82.5 cm³/mol. The smallest absolute Gasteiger partial charge is 0.256 e. The topological polar surface area (TPSA) is 47.6 Å². The molecule has 0 saturated heterocycles. The van der Waals surface area contributed by atoms with Crippen LogP contribution in [0.4, 0.5) is 5.69 Å². The largest absolute Gasteiger partial charge is 0.497 e. The first-order valence-corrected chi connectivity index (χ1v) is 6.57. The van der Waals surface area contributed by atoms with Gasteiger partial charge < -0.3 is 14.8 Å². The number of hydrogen-bond donors (Lipinski definition) is 1. The highest BCUT2D eigenvalue weighted by Crippen LogP contribution is 2.35. The van der Waals surface area contributed by atoms with Crippen molar-refractivity contribution >= 4 is 23.2 Å². The maximum atomic E-state index is 12.1. The van der Waals surface area contributed by atoms with Crippen LogP contribution >= 0.6 is 0 Å². The van der Waals surface area contributed by atoms with E-state index in [1.165, 1.54) is 0 Å². The van der Waals surface area contributed by atoms with Crippen LogP contribution in [-0.2, 0) is 4.79 Å². The average molecular weight is 281 g/mol. The summed E-state index contributed by atoms with van der Waals surface area (Å²) in [6, 6.07) is 13.1. The number of nitrogens with one attached hydrogen (secondary N) is 1. The molecule has 1 N–H and O–H groups in total. The lowest BCUT2D eigenvalue weighted by atomic mass is 10.0. The summed E-state index contributed by atoms with van der Waals surface area (Å²) < 4.78 is 10.3. The molecule has 106 valence electrons. The minimum atomic E-state index is -0.103. The van der Waals surface area contributed by atoms with Gasteiger partial charge in [0.25, 0.3) is 5.91 Å². The van der Waals surface area contributed by atoms with Gasteiger partial charge in [-0.15, -0.1) is 0 Å². The zero-order valence-electron chi connectivity index (χ0n) is 11.8. The molecule has 1 aliphatic rings. The van der Waals surface area contributed by atoms with Crippen LogP contribution < -0.4 is 14.8 Å². The highest BCUT2D eigenvalue weighted by Gasteiger charge is 2.24. The number of rotatable bonds is 3. The number of carbonyl (C=O) groups excluding carboxylic acids is 1. The molecular formula is C17H15NO3. The van der Waals surface area contributed by atoms with Gasteiger partial charge in [-0.3, -0.25) is 4.79 Å². The molecule has 21 heavy (non-hydrogen) atoms. The lowest BCUT2D eigenvalue weighted by Crippen LogP contribution is -2.03. The number of carbonyl (C=O) groups is 1. The number of fused-ring (bicyclic) bond motifs is 1. The third-order valence-electron chi connectivity index (χ3n) is 3.44. The van der Waals surface area contributed by atoms with Gasteiger partial charge in [0.05, 0.1) is 19.9 Å². The Morgan fingerprint density at radius 2 is 1.62 bits per heavy atom.